The molecule has 102 valence electrons. The van der Waals surface area contributed by atoms with Gasteiger partial charge in [0.15, 0.2) is 0 Å². The SMILES string of the molecule is CCOC(c1ccccc1)C(N)Cc1nccn1C. The van der Waals surface area contributed by atoms with Gasteiger partial charge in [0.25, 0.3) is 0 Å². The van der Waals surface area contributed by atoms with E-state index in [4.69, 9.17) is 10.5 Å². The molecule has 0 fully saturated rings. The molecule has 1 heterocycles. The van der Waals surface area contributed by atoms with E-state index in [0.717, 1.165) is 11.4 Å². The average Bonchev–Trinajstić information content (AvgIpc) is 2.82. The van der Waals surface area contributed by atoms with Crippen molar-refractivity contribution >= 4 is 0 Å². The van der Waals surface area contributed by atoms with Crippen LogP contribution in [-0.2, 0) is 18.2 Å². The second-order valence-corrected chi connectivity index (χ2v) is 4.61. The maximum absolute atomic E-state index is 6.32. The zero-order valence-corrected chi connectivity index (χ0v) is 11.5. The van der Waals surface area contributed by atoms with Crippen LogP contribution in [0.25, 0.3) is 0 Å². The predicted molar refractivity (Wildman–Crippen MR) is 75.7 cm³/mol. The molecule has 19 heavy (non-hydrogen) atoms. The number of ether oxygens (including phenoxy) is 1. The molecule has 2 unspecified atom stereocenters. The van der Waals surface area contributed by atoms with Crippen LogP contribution in [-0.4, -0.2) is 22.2 Å². The van der Waals surface area contributed by atoms with E-state index in [2.05, 4.69) is 17.1 Å². The van der Waals surface area contributed by atoms with E-state index in [-0.39, 0.29) is 12.1 Å². The standard InChI is InChI=1S/C15H21N3O/c1-3-19-15(12-7-5-4-6-8-12)13(16)11-14-17-9-10-18(14)2/h4-10,13,15H,3,11,16H2,1-2H3. The number of aromatic nitrogens is 2. The van der Waals surface area contributed by atoms with E-state index >= 15 is 0 Å². The smallest absolute Gasteiger partial charge is 0.110 e. The summed E-state index contributed by atoms with van der Waals surface area (Å²) in [6, 6.07) is 10.0. The van der Waals surface area contributed by atoms with Crippen LogP contribution in [0.15, 0.2) is 42.7 Å². The molecule has 0 amide bonds. The lowest BCUT2D eigenvalue weighted by Gasteiger charge is -2.24. The Morgan fingerprint density at radius 2 is 2.05 bits per heavy atom. The van der Waals surface area contributed by atoms with E-state index in [1.165, 1.54) is 0 Å². The minimum Gasteiger partial charge on any atom is -0.372 e. The molecular weight excluding hydrogens is 238 g/mol. The van der Waals surface area contributed by atoms with Crippen LogP contribution in [0.3, 0.4) is 0 Å². The minimum absolute atomic E-state index is 0.0945. The van der Waals surface area contributed by atoms with Crippen LogP contribution < -0.4 is 5.73 Å². The minimum atomic E-state index is -0.108. The van der Waals surface area contributed by atoms with Crippen LogP contribution in [0.5, 0.6) is 0 Å². The van der Waals surface area contributed by atoms with E-state index in [1.807, 2.05) is 42.9 Å². The van der Waals surface area contributed by atoms with Crippen molar-refractivity contribution in [2.24, 2.45) is 12.8 Å². The molecule has 1 aromatic carbocycles. The van der Waals surface area contributed by atoms with Crippen molar-refractivity contribution in [2.75, 3.05) is 6.61 Å². The summed E-state index contributed by atoms with van der Waals surface area (Å²) in [7, 11) is 1.98. The molecule has 0 saturated carbocycles. The van der Waals surface area contributed by atoms with Gasteiger partial charge in [0.1, 0.15) is 5.82 Å². The van der Waals surface area contributed by atoms with Gasteiger partial charge in [-0.3, -0.25) is 0 Å². The average molecular weight is 259 g/mol. The van der Waals surface area contributed by atoms with Gasteiger partial charge in [-0.2, -0.15) is 0 Å². The third kappa shape index (κ3) is 3.43. The normalized spacial score (nSPS) is 14.3. The fraction of sp³-hybridized carbons (Fsp3) is 0.400. The third-order valence-corrected chi connectivity index (χ3v) is 3.20. The maximum atomic E-state index is 6.32. The van der Waals surface area contributed by atoms with Crippen LogP contribution >= 0.6 is 0 Å². The Hall–Kier alpha value is -1.65. The Morgan fingerprint density at radius 3 is 2.63 bits per heavy atom. The molecule has 1 aromatic heterocycles. The lowest BCUT2D eigenvalue weighted by atomic mass is 10.00. The molecule has 0 aliphatic heterocycles. The van der Waals surface area contributed by atoms with Crippen molar-refractivity contribution in [3.8, 4) is 0 Å². The lowest BCUT2D eigenvalue weighted by Crippen LogP contribution is -2.33. The van der Waals surface area contributed by atoms with Gasteiger partial charge in [0, 0.05) is 38.5 Å². The number of nitrogens with zero attached hydrogens (tertiary/aromatic N) is 2. The van der Waals surface area contributed by atoms with E-state index < -0.39 is 0 Å². The first-order chi connectivity index (χ1) is 9.22. The van der Waals surface area contributed by atoms with Crippen LogP contribution in [0.4, 0.5) is 0 Å². The largest absolute Gasteiger partial charge is 0.372 e. The Kier molecular flexibility index (Phi) is 4.71. The van der Waals surface area contributed by atoms with Crippen molar-refractivity contribution in [2.45, 2.75) is 25.5 Å². The molecule has 0 radical (unpaired) electrons. The molecule has 4 heteroatoms. The topological polar surface area (TPSA) is 53.1 Å². The molecule has 0 spiro atoms. The molecule has 0 bridgehead atoms. The van der Waals surface area contributed by atoms with E-state index in [1.54, 1.807) is 6.20 Å². The highest BCUT2D eigenvalue weighted by atomic mass is 16.5. The number of hydrogen-bond donors (Lipinski definition) is 1. The first kappa shape index (κ1) is 13.8. The Morgan fingerprint density at radius 1 is 1.32 bits per heavy atom. The zero-order chi connectivity index (χ0) is 13.7. The molecular formula is C15H21N3O. The van der Waals surface area contributed by atoms with Crippen LogP contribution in [0, 0.1) is 0 Å². The fourth-order valence-corrected chi connectivity index (χ4v) is 2.20. The first-order valence-electron chi connectivity index (χ1n) is 6.60. The van der Waals surface area contributed by atoms with Crippen molar-refractivity contribution in [1.82, 2.24) is 9.55 Å². The van der Waals surface area contributed by atoms with Crippen LogP contribution in [0.2, 0.25) is 0 Å². The Labute approximate surface area is 114 Å². The van der Waals surface area contributed by atoms with Gasteiger partial charge in [-0.15, -0.1) is 0 Å². The summed E-state index contributed by atoms with van der Waals surface area (Å²) in [4.78, 5) is 4.32. The molecule has 0 aliphatic rings. The van der Waals surface area contributed by atoms with Gasteiger partial charge in [-0.1, -0.05) is 30.3 Å². The molecule has 4 nitrogen and oxygen atoms in total. The monoisotopic (exact) mass is 259 g/mol. The zero-order valence-electron chi connectivity index (χ0n) is 11.5. The third-order valence-electron chi connectivity index (χ3n) is 3.20. The van der Waals surface area contributed by atoms with Gasteiger partial charge in [0.2, 0.25) is 0 Å². The Balaban J connectivity index is 2.13. The van der Waals surface area contributed by atoms with Crippen molar-refractivity contribution in [3.05, 3.63) is 54.1 Å². The van der Waals surface area contributed by atoms with Gasteiger partial charge in [-0.05, 0) is 12.5 Å². The summed E-state index contributed by atoms with van der Waals surface area (Å²) < 4.78 is 7.81. The maximum Gasteiger partial charge on any atom is 0.110 e. The number of benzene rings is 1. The first-order valence-corrected chi connectivity index (χ1v) is 6.60. The van der Waals surface area contributed by atoms with Crippen LogP contribution in [0.1, 0.15) is 24.4 Å². The summed E-state index contributed by atoms with van der Waals surface area (Å²) in [6.07, 6.45) is 4.33. The summed E-state index contributed by atoms with van der Waals surface area (Å²) in [5.41, 5.74) is 7.43. The quantitative estimate of drug-likeness (QED) is 0.864. The second-order valence-electron chi connectivity index (χ2n) is 4.61. The van der Waals surface area contributed by atoms with Gasteiger partial charge in [-0.25, -0.2) is 4.98 Å². The number of nitrogens with two attached hydrogens (primary N) is 1. The summed E-state index contributed by atoms with van der Waals surface area (Å²) >= 11 is 0. The second kappa shape index (κ2) is 6.50. The van der Waals surface area contributed by atoms with Crippen molar-refractivity contribution < 1.29 is 4.74 Å². The summed E-state index contributed by atoms with van der Waals surface area (Å²) in [5, 5.41) is 0. The Bertz CT molecular complexity index is 495. The highest BCUT2D eigenvalue weighted by Crippen LogP contribution is 2.22. The number of hydrogen-bond acceptors (Lipinski definition) is 3. The number of rotatable bonds is 6. The molecule has 0 aliphatic carbocycles. The number of aryl methyl sites for hydroxylation is 1. The molecule has 2 aromatic rings. The summed E-state index contributed by atoms with van der Waals surface area (Å²) in [6.45, 7) is 2.64. The van der Waals surface area contributed by atoms with Crippen molar-refractivity contribution in [3.63, 3.8) is 0 Å². The molecule has 2 rings (SSSR count). The van der Waals surface area contributed by atoms with E-state index in [0.29, 0.717) is 13.0 Å². The van der Waals surface area contributed by atoms with E-state index in [9.17, 15) is 0 Å². The van der Waals surface area contributed by atoms with Gasteiger partial charge >= 0.3 is 0 Å². The lowest BCUT2D eigenvalue weighted by molar-refractivity contribution is 0.0427. The highest BCUT2D eigenvalue weighted by Gasteiger charge is 2.21. The highest BCUT2D eigenvalue weighted by molar-refractivity contribution is 5.19. The molecule has 0 saturated heterocycles. The van der Waals surface area contributed by atoms with Crippen molar-refractivity contribution in [1.29, 1.82) is 0 Å². The van der Waals surface area contributed by atoms with Gasteiger partial charge < -0.3 is 15.0 Å². The number of imidazole rings is 1. The van der Waals surface area contributed by atoms with Gasteiger partial charge in [0.05, 0.1) is 6.10 Å². The fourth-order valence-electron chi connectivity index (χ4n) is 2.20. The summed E-state index contributed by atoms with van der Waals surface area (Å²) in [5.74, 6) is 0.980. The predicted octanol–water partition coefficient (Wildman–Crippen LogP) is 2.07. The molecule has 2 N–H and O–H groups in total. The molecule has 2 atom stereocenters.